The molecule has 0 saturated heterocycles. The zero-order chi connectivity index (χ0) is 19.2. The second-order valence-electron chi connectivity index (χ2n) is 5.31. The number of hydrogen-bond acceptors (Lipinski definition) is 3. The van der Waals surface area contributed by atoms with Crippen molar-refractivity contribution in [2.24, 2.45) is 0 Å². The smallest absolute Gasteiger partial charge is 0.416 e. The zero-order valence-corrected chi connectivity index (χ0v) is 13.9. The van der Waals surface area contributed by atoms with Gasteiger partial charge in [-0.3, -0.25) is 9.59 Å². The minimum atomic E-state index is -4.44. The third kappa shape index (κ3) is 5.80. The highest BCUT2D eigenvalue weighted by Gasteiger charge is 2.30. The monoisotopic (exact) mass is 366 g/mol. The van der Waals surface area contributed by atoms with Crippen molar-refractivity contribution >= 4 is 23.2 Å². The van der Waals surface area contributed by atoms with Crippen LogP contribution in [0.2, 0.25) is 0 Å². The number of alkyl halides is 3. The van der Waals surface area contributed by atoms with Crippen molar-refractivity contribution in [1.82, 2.24) is 0 Å². The maximum absolute atomic E-state index is 12.5. The quantitative estimate of drug-likeness (QED) is 0.758. The van der Waals surface area contributed by atoms with E-state index in [-0.39, 0.29) is 5.69 Å². The summed E-state index contributed by atoms with van der Waals surface area (Å²) in [4.78, 5) is 23.7. The number of ether oxygens (including phenoxy) is 1. The van der Waals surface area contributed by atoms with Gasteiger partial charge >= 0.3 is 6.18 Å². The van der Waals surface area contributed by atoms with E-state index in [0.717, 1.165) is 24.3 Å². The average molecular weight is 366 g/mol. The Morgan fingerprint density at radius 1 is 0.885 bits per heavy atom. The number of benzene rings is 2. The van der Waals surface area contributed by atoms with E-state index in [1.165, 1.54) is 0 Å². The van der Waals surface area contributed by atoms with Crippen LogP contribution in [-0.2, 0) is 15.8 Å². The van der Waals surface area contributed by atoms with Crippen molar-refractivity contribution in [3.63, 3.8) is 0 Å². The van der Waals surface area contributed by atoms with Gasteiger partial charge in [0.15, 0.2) is 0 Å². The Balaban J connectivity index is 1.86. The molecule has 2 N–H and O–H groups in total. The fraction of sp³-hybridized carbons (Fsp3) is 0.222. The summed E-state index contributed by atoms with van der Waals surface area (Å²) in [6.45, 7) is 2.38. The molecule has 0 aliphatic carbocycles. The van der Waals surface area contributed by atoms with Gasteiger partial charge in [-0.2, -0.15) is 13.2 Å². The molecule has 5 nitrogen and oxygen atoms in total. The molecule has 2 aromatic rings. The van der Waals surface area contributed by atoms with Gasteiger partial charge in [0.1, 0.15) is 12.2 Å². The van der Waals surface area contributed by atoms with E-state index in [1.54, 1.807) is 24.3 Å². The average Bonchev–Trinajstić information content (AvgIpc) is 2.56. The first kappa shape index (κ1) is 19.3. The molecule has 0 heterocycles. The molecule has 0 atom stereocenters. The number of amides is 2. The van der Waals surface area contributed by atoms with Crippen LogP contribution in [0.15, 0.2) is 48.5 Å². The lowest BCUT2D eigenvalue weighted by Crippen LogP contribution is -2.21. The lowest BCUT2D eigenvalue weighted by molar-refractivity contribution is -0.137. The minimum Gasteiger partial charge on any atom is -0.494 e. The van der Waals surface area contributed by atoms with E-state index in [4.69, 9.17) is 4.74 Å². The van der Waals surface area contributed by atoms with Crippen LogP contribution in [0.25, 0.3) is 0 Å². The Kier molecular flexibility index (Phi) is 6.21. The van der Waals surface area contributed by atoms with E-state index < -0.39 is 30.0 Å². The van der Waals surface area contributed by atoms with Crippen LogP contribution in [0.3, 0.4) is 0 Å². The number of anilines is 2. The van der Waals surface area contributed by atoms with E-state index in [9.17, 15) is 22.8 Å². The van der Waals surface area contributed by atoms with Crippen molar-refractivity contribution in [2.45, 2.75) is 19.5 Å². The lowest BCUT2D eigenvalue weighted by atomic mass is 10.2. The molecule has 2 rings (SSSR count). The van der Waals surface area contributed by atoms with Crippen LogP contribution in [0, 0.1) is 0 Å². The Morgan fingerprint density at radius 2 is 1.35 bits per heavy atom. The maximum atomic E-state index is 12.5. The summed E-state index contributed by atoms with van der Waals surface area (Å²) in [6.07, 6.45) is -4.91. The van der Waals surface area contributed by atoms with E-state index in [2.05, 4.69) is 10.6 Å². The first-order valence-electron chi connectivity index (χ1n) is 7.77. The highest BCUT2D eigenvalue weighted by Crippen LogP contribution is 2.29. The number of halogens is 3. The summed E-state index contributed by atoms with van der Waals surface area (Å²) >= 11 is 0. The highest BCUT2D eigenvalue weighted by atomic mass is 19.4. The maximum Gasteiger partial charge on any atom is 0.416 e. The largest absolute Gasteiger partial charge is 0.494 e. The zero-order valence-electron chi connectivity index (χ0n) is 13.9. The topological polar surface area (TPSA) is 67.4 Å². The Hall–Kier alpha value is -3.03. The molecule has 0 bridgehead atoms. The van der Waals surface area contributed by atoms with Crippen LogP contribution < -0.4 is 15.4 Å². The number of rotatable bonds is 6. The summed E-state index contributed by atoms with van der Waals surface area (Å²) in [6, 6.07) is 10.6. The van der Waals surface area contributed by atoms with E-state index >= 15 is 0 Å². The lowest BCUT2D eigenvalue weighted by Gasteiger charge is -2.09. The van der Waals surface area contributed by atoms with Crippen molar-refractivity contribution < 1.29 is 27.5 Å². The molecule has 0 unspecified atom stereocenters. The Labute approximate surface area is 148 Å². The third-order valence-corrected chi connectivity index (χ3v) is 3.27. The number of nitrogens with one attached hydrogen (secondary N) is 2. The molecule has 0 aromatic heterocycles. The molecule has 8 heteroatoms. The van der Waals surface area contributed by atoms with Gasteiger partial charge < -0.3 is 15.4 Å². The fourth-order valence-electron chi connectivity index (χ4n) is 2.10. The molecule has 26 heavy (non-hydrogen) atoms. The molecule has 0 saturated carbocycles. The van der Waals surface area contributed by atoms with Gasteiger partial charge in [0, 0.05) is 11.4 Å². The normalized spacial score (nSPS) is 10.9. The summed E-state index contributed by atoms with van der Waals surface area (Å²) in [5.74, 6) is -0.516. The molecule has 0 aliphatic heterocycles. The fourth-order valence-corrected chi connectivity index (χ4v) is 2.10. The van der Waals surface area contributed by atoms with Crippen molar-refractivity contribution in [3.05, 3.63) is 54.1 Å². The molecule has 138 valence electrons. The summed E-state index contributed by atoms with van der Waals surface area (Å²) in [5.41, 5.74) is -0.138. The molecule has 2 amide bonds. The second-order valence-corrected chi connectivity index (χ2v) is 5.31. The van der Waals surface area contributed by atoms with Crippen molar-refractivity contribution in [1.29, 1.82) is 0 Å². The number of carbonyl (C=O) groups is 2. The van der Waals surface area contributed by atoms with Crippen LogP contribution >= 0.6 is 0 Å². The second kappa shape index (κ2) is 8.37. The standard InChI is InChI=1S/C18H17F3N2O3/c1-2-26-15-9-7-14(8-10-15)23-17(25)11-16(24)22-13-5-3-12(4-6-13)18(19,20)21/h3-10H,2,11H2,1H3,(H,22,24)(H,23,25). The summed E-state index contributed by atoms with van der Waals surface area (Å²) < 4.78 is 42.7. The van der Waals surface area contributed by atoms with E-state index in [0.29, 0.717) is 18.0 Å². The molecule has 0 aliphatic rings. The Morgan fingerprint density at radius 3 is 1.77 bits per heavy atom. The molecular formula is C18H17F3N2O3. The first-order valence-corrected chi connectivity index (χ1v) is 7.77. The Bertz CT molecular complexity index is 757. The minimum absolute atomic E-state index is 0.178. The molecule has 2 aromatic carbocycles. The van der Waals surface area contributed by atoms with Crippen molar-refractivity contribution in [3.8, 4) is 5.75 Å². The molecular weight excluding hydrogens is 349 g/mol. The van der Waals surface area contributed by atoms with Gasteiger partial charge in [-0.15, -0.1) is 0 Å². The van der Waals surface area contributed by atoms with Gasteiger partial charge in [0.25, 0.3) is 0 Å². The predicted molar refractivity (Wildman–Crippen MR) is 90.9 cm³/mol. The number of hydrogen-bond donors (Lipinski definition) is 2. The van der Waals surface area contributed by atoms with Crippen LogP contribution in [-0.4, -0.2) is 18.4 Å². The van der Waals surface area contributed by atoms with Crippen LogP contribution in [0.1, 0.15) is 18.9 Å². The van der Waals surface area contributed by atoms with Gasteiger partial charge in [-0.1, -0.05) is 0 Å². The summed E-state index contributed by atoms with van der Waals surface area (Å²) in [5, 5.41) is 4.93. The first-order chi connectivity index (χ1) is 12.3. The highest BCUT2D eigenvalue weighted by molar-refractivity contribution is 6.08. The molecule has 0 radical (unpaired) electrons. The van der Waals surface area contributed by atoms with Crippen LogP contribution in [0.5, 0.6) is 5.75 Å². The number of carbonyl (C=O) groups excluding carboxylic acids is 2. The predicted octanol–water partition coefficient (Wildman–Crippen LogP) is 4.07. The molecule has 0 spiro atoms. The van der Waals surface area contributed by atoms with E-state index in [1.807, 2.05) is 6.92 Å². The third-order valence-electron chi connectivity index (χ3n) is 3.27. The van der Waals surface area contributed by atoms with Crippen molar-refractivity contribution in [2.75, 3.05) is 17.2 Å². The van der Waals surface area contributed by atoms with Gasteiger partial charge in [-0.05, 0) is 55.5 Å². The molecule has 0 fully saturated rings. The van der Waals surface area contributed by atoms with Gasteiger partial charge in [0.2, 0.25) is 11.8 Å². The van der Waals surface area contributed by atoms with Gasteiger partial charge in [-0.25, -0.2) is 0 Å². The summed E-state index contributed by atoms with van der Waals surface area (Å²) in [7, 11) is 0. The SMILES string of the molecule is CCOc1ccc(NC(=O)CC(=O)Nc2ccc(C(F)(F)F)cc2)cc1. The van der Waals surface area contributed by atoms with Crippen LogP contribution in [0.4, 0.5) is 24.5 Å². The van der Waals surface area contributed by atoms with Gasteiger partial charge in [0.05, 0.1) is 12.2 Å².